The maximum absolute atomic E-state index is 12.7. The molecular formula is C18H19BrClNO3S. The molecule has 0 aromatic heterocycles. The first-order valence-electron chi connectivity index (χ1n) is 7.74. The van der Waals surface area contributed by atoms with E-state index in [0.717, 1.165) is 10.0 Å². The standard InChI is InChI=1S/C18H19BrClNO3S/c1-4-16(13-5-7-15(20)8-6-13)18(22)21-25(23,24)17-11(2)9-14(19)10-12(17)3/h5-10,16H,4H2,1-3H3,(H,21,22). The molecule has 0 saturated carbocycles. The Labute approximate surface area is 161 Å². The first-order valence-corrected chi connectivity index (χ1v) is 10.4. The molecule has 0 aliphatic rings. The fraction of sp³-hybridized carbons (Fsp3) is 0.278. The van der Waals surface area contributed by atoms with Crippen molar-refractivity contribution in [1.29, 1.82) is 0 Å². The molecule has 134 valence electrons. The van der Waals surface area contributed by atoms with Gasteiger partial charge in [0, 0.05) is 9.50 Å². The summed E-state index contributed by atoms with van der Waals surface area (Å²) >= 11 is 9.22. The summed E-state index contributed by atoms with van der Waals surface area (Å²) in [5, 5.41) is 0.563. The Kier molecular flexibility index (Phi) is 6.30. The van der Waals surface area contributed by atoms with Gasteiger partial charge in [0.05, 0.1) is 10.8 Å². The van der Waals surface area contributed by atoms with Crippen LogP contribution in [-0.2, 0) is 14.8 Å². The SMILES string of the molecule is CCC(C(=O)NS(=O)(=O)c1c(C)cc(Br)cc1C)c1ccc(Cl)cc1. The zero-order valence-electron chi connectivity index (χ0n) is 14.1. The van der Waals surface area contributed by atoms with Gasteiger partial charge in [-0.2, -0.15) is 0 Å². The number of sulfonamides is 1. The Morgan fingerprint density at radius 2 is 1.68 bits per heavy atom. The monoisotopic (exact) mass is 443 g/mol. The summed E-state index contributed by atoms with van der Waals surface area (Å²) in [6, 6.07) is 10.3. The molecular weight excluding hydrogens is 426 g/mol. The van der Waals surface area contributed by atoms with Crippen molar-refractivity contribution in [3.63, 3.8) is 0 Å². The lowest BCUT2D eigenvalue weighted by molar-refractivity contribution is -0.120. The first-order chi connectivity index (χ1) is 11.7. The van der Waals surface area contributed by atoms with Gasteiger partial charge in [0.2, 0.25) is 5.91 Å². The van der Waals surface area contributed by atoms with E-state index in [1.807, 2.05) is 6.92 Å². The number of hydrogen-bond acceptors (Lipinski definition) is 3. The van der Waals surface area contributed by atoms with Gasteiger partial charge in [-0.25, -0.2) is 13.1 Å². The number of halogens is 2. The van der Waals surface area contributed by atoms with Crippen molar-refractivity contribution in [1.82, 2.24) is 4.72 Å². The van der Waals surface area contributed by atoms with E-state index in [-0.39, 0.29) is 4.90 Å². The summed E-state index contributed by atoms with van der Waals surface area (Å²) in [5.41, 5.74) is 1.88. The van der Waals surface area contributed by atoms with Crippen LogP contribution in [-0.4, -0.2) is 14.3 Å². The third-order valence-corrected chi connectivity index (χ3v) is 6.29. The van der Waals surface area contributed by atoms with Gasteiger partial charge in [-0.1, -0.05) is 46.6 Å². The van der Waals surface area contributed by atoms with Crippen LogP contribution in [0.1, 0.15) is 36.0 Å². The molecule has 4 nitrogen and oxygen atoms in total. The highest BCUT2D eigenvalue weighted by molar-refractivity contribution is 9.10. The highest BCUT2D eigenvalue weighted by Crippen LogP contribution is 2.26. The summed E-state index contributed by atoms with van der Waals surface area (Å²) in [6.45, 7) is 5.24. The van der Waals surface area contributed by atoms with E-state index < -0.39 is 21.8 Å². The van der Waals surface area contributed by atoms with Crippen LogP contribution >= 0.6 is 27.5 Å². The molecule has 2 rings (SSSR count). The van der Waals surface area contributed by atoms with Crippen molar-refractivity contribution in [3.05, 3.63) is 62.6 Å². The first kappa shape index (κ1) is 19.9. The van der Waals surface area contributed by atoms with Gasteiger partial charge >= 0.3 is 0 Å². The minimum Gasteiger partial charge on any atom is -0.273 e. The zero-order valence-corrected chi connectivity index (χ0v) is 17.3. The lowest BCUT2D eigenvalue weighted by Crippen LogP contribution is -2.35. The molecule has 1 N–H and O–H groups in total. The Hall–Kier alpha value is -1.37. The second kappa shape index (κ2) is 7.89. The summed E-state index contributed by atoms with van der Waals surface area (Å²) in [4.78, 5) is 12.7. The lowest BCUT2D eigenvalue weighted by Gasteiger charge is -2.17. The van der Waals surface area contributed by atoms with Crippen LogP contribution < -0.4 is 4.72 Å². The third-order valence-electron chi connectivity index (χ3n) is 3.93. The van der Waals surface area contributed by atoms with Crippen molar-refractivity contribution >= 4 is 43.5 Å². The minimum atomic E-state index is -3.96. The number of aryl methyl sites for hydroxylation is 2. The molecule has 1 atom stereocenters. The van der Waals surface area contributed by atoms with Gasteiger partial charge in [0.1, 0.15) is 0 Å². The highest BCUT2D eigenvalue weighted by atomic mass is 79.9. The van der Waals surface area contributed by atoms with Gasteiger partial charge in [0.25, 0.3) is 10.0 Å². The molecule has 0 saturated heterocycles. The van der Waals surface area contributed by atoms with E-state index in [4.69, 9.17) is 11.6 Å². The molecule has 0 radical (unpaired) electrons. The molecule has 2 aromatic rings. The maximum Gasteiger partial charge on any atom is 0.264 e. The molecule has 0 heterocycles. The van der Waals surface area contributed by atoms with Crippen molar-refractivity contribution < 1.29 is 13.2 Å². The van der Waals surface area contributed by atoms with Gasteiger partial charge in [-0.05, 0) is 61.2 Å². The van der Waals surface area contributed by atoms with Crippen molar-refractivity contribution in [2.45, 2.75) is 38.0 Å². The Morgan fingerprint density at radius 3 is 2.16 bits per heavy atom. The molecule has 1 amide bonds. The number of rotatable bonds is 5. The molecule has 0 aliphatic heterocycles. The summed E-state index contributed by atoms with van der Waals surface area (Å²) in [5.74, 6) is -1.12. The smallest absolute Gasteiger partial charge is 0.264 e. The average Bonchev–Trinajstić information content (AvgIpc) is 2.47. The fourth-order valence-corrected chi connectivity index (χ4v) is 5.13. The molecule has 2 aromatic carbocycles. The normalized spacial score (nSPS) is 12.7. The van der Waals surface area contributed by atoms with Crippen molar-refractivity contribution in [2.24, 2.45) is 0 Å². The zero-order chi connectivity index (χ0) is 18.8. The summed E-state index contributed by atoms with van der Waals surface area (Å²) in [6.07, 6.45) is 0.473. The average molecular weight is 445 g/mol. The number of amides is 1. The van der Waals surface area contributed by atoms with E-state index in [0.29, 0.717) is 22.6 Å². The topological polar surface area (TPSA) is 63.2 Å². The van der Waals surface area contributed by atoms with Crippen LogP contribution in [0.4, 0.5) is 0 Å². The Balaban J connectivity index is 2.33. The maximum atomic E-state index is 12.7. The Bertz CT molecular complexity index is 872. The quantitative estimate of drug-likeness (QED) is 0.726. The van der Waals surface area contributed by atoms with Gasteiger partial charge in [-0.3, -0.25) is 4.79 Å². The number of nitrogens with one attached hydrogen (secondary N) is 1. The number of carbonyl (C=O) groups excluding carboxylic acids is 1. The van der Waals surface area contributed by atoms with Crippen LogP contribution in [0.3, 0.4) is 0 Å². The van der Waals surface area contributed by atoms with E-state index in [2.05, 4.69) is 20.7 Å². The van der Waals surface area contributed by atoms with Crippen molar-refractivity contribution in [3.8, 4) is 0 Å². The summed E-state index contributed by atoms with van der Waals surface area (Å²) < 4.78 is 28.5. The number of benzene rings is 2. The van der Waals surface area contributed by atoms with E-state index >= 15 is 0 Å². The Morgan fingerprint density at radius 1 is 1.16 bits per heavy atom. The fourth-order valence-electron chi connectivity index (χ4n) is 2.84. The molecule has 0 spiro atoms. The second-order valence-corrected chi connectivity index (χ2v) is 8.82. The second-order valence-electron chi connectivity index (χ2n) is 5.85. The molecule has 0 bridgehead atoms. The van der Waals surface area contributed by atoms with Crippen LogP contribution in [0.2, 0.25) is 5.02 Å². The molecule has 1 unspecified atom stereocenters. The van der Waals surface area contributed by atoms with Crippen LogP contribution in [0.25, 0.3) is 0 Å². The van der Waals surface area contributed by atoms with Crippen molar-refractivity contribution in [2.75, 3.05) is 0 Å². The molecule has 0 aliphatic carbocycles. The molecule has 0 fully saturated rings. The van der Waals surface area contributed by atoms with E-state index in [1.165, 1.54) is 0 Å². The van der Waals surface area contributed by atoms with Crippen LogP contribution in [0.15, 0.2) is 45.8 Å². The third kappa shape index (κ3) is 4.63. The highest BCUT2D eigenvalue weighted by Gasteiger charge is 2.27. The van der Waals surface area contributed by atoms with E-state index in [9.17, 15) is 13.2 Å². The van der Waals surface area contributed by atoms with Crippen LogP contribution in [0.5, 0.6) is 0 Å². The number of carbonyl (C=O) groups is 1. The largest absolute Gasteiger partial charge is 0.273 e. The molecule has 7 heteroatoms. The predicted octanol–water partition coefficient (Wildman–Crippen LogP) is 4.72. The van der Waals surface area contributed by atoms with Crippen LogP contribution in [0, 0.1) is 13.8 Å². The van der Waals surface area contributed by atoms with Gasteiger partial charge in [0.15, 0.2) is 0 Å². The van der Waals surface area contributed by atoms with E-state index in [1.54, 1.807) is 50.2 Å². The molecule has 25 heavy (non-hydrogen) atoms. The predicted molar refractivity (Wildman–Crippen MR) is 103 cm³/mol. The minimum absolute atomic E-state index is 0.134. The van der Waals surface area contributed by atoms with Gasteiger partial charge < -0.3 is 0 Å². The number of hydrogen-bond donors (Lipinski definition) is 1. The summed E-state index contributed by atoms with van der Waals surface area (Å²) in [7, 11) is -3.96. The van der Waals surface area contributed by atoms with Gasteiger partial charge in [-0.15, -0.1) is 0 Å². The lowest BCUT2D eigenvalue weighted by atomic mass is 9.96.